The van der Waals surface area contributed by atoms with Crippen molar-refractivity contribution in [3.05, 3.63) is 56.9 Å². The number of carbonyl (C=O) groups is 1. The molecule has 0 radical (unpaired) electrons. The van der Waals surface area contributed by atoms with Gasteiger partial charge in [-0.2, -0.15) is 4.37 Å². The van der Waals surface area contributed by atoms with Crippen molar-refractivity contribution in [2.24, 2.45) is 0 Å². The number of hydrogen-bond acceptors (Lipinski definition) is 6. The summed E-state index contributed by atoms with van der Waals surface area (Å²) in [6.07, 6.45) is 0. The Kier molecular flexibility index (Phi) is 3.24. The zero-order valence-electron chi connectivity index (χ0n) is 12.9. The third-order valence-electron chi connectivity index (χ3n) is 3.77. The van der Waals surface area contributed by atoms with Crippen molar-refractivity contribution in [1.29, 1.82) is 0 Å². The third kappa shape index (κ3) is 2.21. The van der Waals surface area contributed by atoms with E-state index in [2.05, 4.69) is 9.69 Å². The number of furan rings is 1. The van der Waals surface area contributed by atoms with Crippen molar-refractivity contribution >= 4 is 45.3 Å². The van der Waals surface area contributed by atoms with Gasteiger partial charge in [0.1, 0.15) is 11.0 Å². The number of fused-ring (bicyclic) bond motifs is 2. The second-order valence-electron chi connectivity index (χ2n) is 5.39. The average molecular weight is 340 g/mol. The van der Waals surface area contributed by atoms with Crippen LogP contribution < -0.4 is 10.7 Å². The highest BCUT2D eigenvalue weighted by Crippen LogP contribution is 2.25. The van der Waals surface area contributed by atoms with Gasteiger partial charge in [-0.3, -0.25) is 9.59 Å². The van der Waals surface area contributed by atoms with Crippen molar-refractivity contribution in [2.45, 2.75) is 13.8 Å². The van der Waals surface area contributed by atoms with Crippen LogP contribution in [0.5, 0.6) is 0 Å². The molecule has 0 aliphatic heterocycles. The van der Waals surface area contributed by atoms with Crippen molar-refractivity contribution in [2.75, 3.05) is 5.32 Å². The second-order valence-corrected chi connectivity index (χ2v) is 6.37. The largest absolute Gasteiger partial charge is 0.425 e. The van der Waals surface area contributed by atoms with Crippen LogP contribution in [-0.2, 0) is 0 Å². The van der Waals surface area contributed by atoms with Gasteiger partial charge in [-0.25, -0.2) is 0 Å². The first-order chi connectivity index (χ1) is 11.5. The van der Waals surface area contributed by atoms with Gasteiger partial charge in [0.15, 0.2) is 5.76 Å². The predicted molar refractivity (Wildman–Crippen MR) is 91.8 cm³/mol. The fourth-order valence-electron chi connectivity index (χ4n) is 2.55. The molecule has 24 heavy (non-hydrogen) atoms. The molecule has 1 amide bonds. The summed E-state index contributed by atoms with van der Waals surface area (Å²) in [4.78, 5) is 25.8. The van der Waals surface area contributed by atoms with Gasteiger partial charge in [-0.15, -0.1) is 0 Å². The summed E-state index contributed by atoms with van der Waals surface area (Å²) < 4.78 is 15.2. The molecule has 4 rings (SSSR count). The molecule has 120 valence electrons. The smallest absolute Gasteiger partial charge is 0.302 e. The average Bonchev–Trinajstić information content (AvgIpc) is 3.14. The molecule has 0 aliphatic rings. The van der Waals surface area contributed by atoms with Crippen LogP contribution in [0.4, 0.5) is 5.69 Å². The van der Waals surface area contributed by atoms with Gasteiger partial charge >= 0.3 is 5.78 Å². The van der Waals surface area contributed by atoms with E-state index in [0.717, 1.165) is 10.6 Å². The van der Waals surface area contributed by atoms with Crippen molar-refractivity contribution in [3.8, 4) is 0 Å². The van der Waals surface area contributed by atoms with E-state index in [9.17, 15) is 9.59 Å². The van der Waals surface area contributed by atoms with Gasteiger partial charge in [-0.05, 0) is 37.5 Å². The summed E-state index contributed by atoms with van der Waals surface area (Å²) >= 11 is 1.31. The molecule has 4 aromatic rings. The normalized spacial score (nSPS) is 11.2. The Morgan fingerprint density at radius 3 is 2.71 bits per heavy atom. The molecule has 0 fully saturated rings. The number of amides is 1. The quantitative estimate of drug-likeness (QED) is 0.599. The topological polar surface area (TPSA) is 85.3 Å². The van der Waals surface area contributed by atoms with Gasteiger partial charge in [0.25, 0.3) is 5.91 Å². The molecule has 1 aromatic carbocycles. The lowest BCUT2D eigenvalue weighted by molar-refractivity contribution is 0.0997. The Morgan fingerprint density at radius 2 is 1.96 bits per heavy atom. The number of rotatable bonds is 2. The SMILES string of the molecule is Cc1nsc(C)c1NC(=O)c1cc2c(=O)c3ccccc3oc2o1. The molecule has 0 atom stereocenters. The Bertz CT molecular complexity index is 1130. The highest BCUT2D eigenvalue weighted by atomic mass is 32.1. The minimum absolute atomic E-state index is 0.0196. The summed E-state index contributed by atoms with van der Waals surface area (Å²) in [6, 6.07) is 8.30. The van der Waals surface area contributed by atoms with Crippen molar-refractivity contribution < 1.29 is 13.6 Å². The van der Waals surface area contributed by atoms with E-state index >= 15 is 0 Å². The summed E-state index contributed by atoms with van der Waals surface area (Å²) in [7, 11) is 0. The molecule has 3 heterocycles. The number of aromatic nitrogens is 1. The van der Waals surface area contributed by atoms with Gasteiger partial charge < -0.3 is 14.2 Å². The van der Waals surface area contributed by atoms with E-state index in [1.165, 1.54) is 17.6 Å². The number of benzene rings is 1. The van der Waals surface area contributed by atoms with Crippen LogP contribution >= 0.6 is 11.5 Å². The van der Waals surface area contributed by atoms with Gasteiger partial charge in [0.2, 0.25) is 5.43 Å². The molecule has 0 unspecified atom stereocenters. The lowest BCUT2D eigenvalue weighted by Crippen LogP contribution is -2.11. The van der Waals surface area contributed by atoms with Gasteiger partial charge in [0, 0.05) is 10.9 Å². The molecule has 3 aromatic heterocycles. The maximum atomic E-state index is 12.5. The molecule has 0 saturated heterocycles. The zero-order chi connectivity index (χ0) is 16.8. The number of anilines is 1. The predicted octanol–water partition coefficient (Wildman–Crippen LogP) is 3.86. The van der Waals surface area contributed by atoms with Crippen LogP contribution in [0.1, 0.15) is 21.1 Å². The minimum atomic E-state index is -0.448. The summed E-state index contributed by atoms with van der Waals surface area (Å²) in [6.45, 7) is 3.69. The number of nitrogens with zero attached hydrogens (tertiary/aromatic N) is 1. The molecular formula is C17H12N2O4S. The van der Waals surface area contributed by atoms with E-state index in [1.807, 2.05) is 13.8 Å². The summed E-state index contributed by atoms with van der Waals surface area (Å²) in [5, 5.41) is 3.46. The Labute approximate surface area is 139 Å². The van der Waals surface area contributed by atoms with Gasteiger partial charge in [0.05, 0.1) is 16.8 Å². The zero-order valence-corrected chi connectivity index (χ0v) is 13.7. The molecule has 1 N–H and O–H groups in total. The standard InChI is InChI=1S/C17H12N2O4S/c1-8-14(9(2)24-19-8)18-16(21)13-7-11-15(20)10-5-3-4-6-12(10)22-17(11)23-13/h3-7H,1-2H3,(H,18,21). The molecule has 7 heteroatoms. The fourth-order valence-corrected chi connectivity index (χ4v) is 3.20. The summed E-state index contributed by atoms with van der Waals surface area (Å²) in [5.74, 6) is -0.386. The Balaban J connectivity index is 1.80. The molecule has 0 bridgehead atoms. The molecule has 6 nitrogen and oxygen atoms in total. The van der Waals surface area contributed by atoms with E-state index in [4.69, 9.17) is 8.83 Å². The number of nitrogens with one attached hydrogen (secondary N) is 1. The molecule has 0 saturated carbocycles. The van der Waals surface area contributed by atoms with Gasteiger partial charge in [-0.1, -0.05) is 12.1 Å². The molecular weight excluding hydrogens is 328 g/mol. The first-order valence-electron chi connectivity index (χ1n) is 7.24. The van der Waals surface area contributed by atoms with Crippen LogP contribution in [0.2, 0.25) is 0 Å². The molecule has 0 aliphatic carbocycles. The van der Waals surface area contributed by atoms with E-state index < -0.39 is 5.91 Å². The maximum Gasteiger partial charge on any atom is 0.302 e. The third-order valence-corrected chi connectivity index (χ3v) is 4.62. The van der Waals surface area contributed by atoms with E-state index in [1.54, 1.807) is 24.3 Å². The number of carbonyl (C=O) groups excluding carboxylic acids is 1. The van der Waals surface area contributed by atoms with E-state index in [-0.39, 0.29) is 22.4 Å². The van der Waals surface area contributed by atoms with Crippen LogP contribution in [-0.4, -0.2) is 10.3 Å². The first kappa shape index (κ1) is 14.6. The Hall–Kier alpha value is -2.93. The highest BCUT2D eigenvalue weighted by molar-refractivity contribution is 7.06. The minimum Gasteiger partial charge on any atom is -0.425 e. The number of aryl methyl sites for hydroxylation is 2. The lowest BCUT2D eigenvalue weighted by Gasteiger charge is -2.02. The summed E-state index contributed by atoms with van der Waals surface area (Å²) in [5.41, 5.74) is 1.60. The first-order valence-corrected chi connectivity index (χ1v) is 8.01. The molecule has 0 spiro atoms. The van der Waals surface area contributed by atoms with Crippen LogP contribution in [0.3, 0.4) is 0 Å². The fraction of sp³-hybridized carbons (Fsp3) is 0.118. The van der Waals surface area contributed by atoms with Crippen molar-refractivity contribution in [1.82, 2.24) is 4.37 Å². The van der Waals surface area contributed by atoms with Crippen LogP contribution in [0.25, 0.3) is 22.1 Å². The highest BCUT2D eigenvalue weighted by Gasteiger charge is 2.19. The lowest BCUT2D eigenvalue weighted by atomic mass is 10.2. The van der Waals surface area contributed by atoms with Crippen LogP contribution in [0, 0.1) is 13.8 Å². The monoisotopic (exact) mass is 340 g/mol. The van der Waals surface area contributed by atoms with Crippen LogP contribution in [0.15, 0.2) is 44.0 Å². The van der Waals surface area contributed by atoms with E-state index in [0.29, 0.717) is 16.7 Å². The number of hydrogen-bond donors (Lipinski definition) is 1. The number of para-hydroxylation sites is 1. The maximum absolute atomic E-state index is 12.5. The van der Waals surface area contributed by atoms with Crippen molar-refractivity contribution in [3.63, 3.8) is 0 Å². The Morgan fingerprint density at radius 1 is 1.17 bits per heavy atom. The second kappa shape index (κ2) is 5.31.